The van der Waals surface area contributed by atoms with Crippen LogP contribution < -0.4 is 14.8 Å². The van der Waals surface area contributed by atoms with Gasteiger partial charge in [-0.1, -0.05) is 99.7 Å². The number of nitrogens with zero attached hydrogens (tertiary/aromatic N) is 1. The molecule has 4 rings (SSSR count). The highest BCUT2D eigenvalue weighted by atomic mass is 16.6. The van der Waals surface area contributed by atoms with Crippen molar-refractivity contribution < 1.29 is 28.5 Å². The van der Waals surface area contributed by atoms with Crippen LogP contribution in [0.1, 0.15) is 83.1 Å². The van der Waals surface area contributed by atoms with Crippen LogP contribution in [0.2, 0.25) is 0 Å². The van der Waals surface area contributed by atoms with Crippen molar-refractivity contribution in [3.63, 3.8) is 0 Å². The van der Waals surface area contributed by atoms with E-state index in [-0.39, 0.29) is 11.4 Å². The molecule has 0 bridgehead atoms. The molecule has 53 heavy (non-hydrogen) atoms. The minimum Gasteiger partial charge on any atom is -0.489 e. The maximum Gasteiger partial charge on any atom is 0.407 e. The van der Waals surface area contributed by atoms with Crippen LogP contribution in [0.25, 0.3) is 6.08 Å². The van der Waals surface area contributed by atoms with Crippen molar-refractivity contribution in [3.8, 4) is 17.2 Å². The SMILES string of the molecule is COC(=O)[C@H](CCCCNC(=O)OC(C)(C)C)N(C/C=C/c1cccc(Oc2ccc(C(C)(C)C)cc2)c1)Cc1cccc(OCc2ccccc2)c1. The lowest BCUT2D eigenvalue weighted by atomic mass is 9.87. The minimum absolute atomic E-state index is 0.0714. The molecule has 0 radical (unpaired) electrons. The third-order valence-corrected chi connectivity index (χ3v) is 8.48. The first-order valence-electron chi connectivity index (χ1n) is 18.4. The predicted octanol–water partition coefficient (Wildman–Crippen LogP) is 10.1. The molecular weight excluding hydrogens is 665 g/mol. The number of amides is 1. The quantitative estimate of drug-likeness (QED) is 0.0858. The molecule has 1 atom stereocenters. The molecule has 0 aliphatic carbocycles. The summed E-state index contributed by atoms with van der Waals surface area (Å²) in [7, 11) is 1.42. The van der Waals surface area contributed by atoms with E-state index in [1.165, 1.54) is 12.7 Å². The lowest BCUT2D eigenvalue weighted by molar-refractivity contribution is -0.147. The zero-order valence-electron chi connectivity index (χ0n) is 32.4. The Kier molecular flexibility index (Phi) is 15.1. The van der Waals surface area contributed by atoms with Crippen molar-refractivity contribution in [2.75, 3.05) is 20.2 Å². The average molecular weight is 721 g/mol. The zero-order valence-corrected chi connectivity index (χ0v) is 32.4. The third kappa shape index (κ3) is 14.5. The summed E-state index contributed by atoms with van der Waals surface area (Å²) in [6, 6.07) is 33.7. The minimum atomic E-state index is -0.565. The second-order valence-electron chi connectivity index (χ2n) is 15.2. The number of carbonyl (C=O) groups excluding carboxylic acids is 2. The molecule has 8 nitrogen and oxygen atoms in total. The van der Waals surface area contributed by atoms with Gasteiger partial charge >= 0.3 is 12.1 Å². The predicted molar refractivity (Wildman–Crippen MR) is 212 cm³/mol. The number of methoxy groups -OCH3 is 1. The summed E-state index contributed by atoms with van der Waals surface area (Å²) in [6.07, 6.45) is 5.60. The van der Waals surface area contributed by atoms with Gasteiger partial charge in [0.1, 0.15) is 35.5 Å². The molecule has 0 saturated carbocycles. The van der Waals surface area contributed by atoms with Crippen LogP contribution in [0.3, 0.4) is 0 Å². The van der Waals surface area contributed by atoms with Gasteiger partial charge in [-0.2, -0.15) is 0 Å². The Balaban J connectivity index is 1.47. The molecule has 282 valence electrons. The Morgan fingerprint density at radius 2 is 1.47 bits per heavy atom. The molecule has 1 N–H and O–H groups in total. The molecule has 0 heterocycles. The Morgan fingerprint density at radius 1 is 0.774 bits per heavy atom. The topological polar surface area (TPSA) is 86.3 Å². The van der Waals surface area contributed by atoms with Crippen LogP contribution in [-0.2, 0) is 32.8 Å². The smallest absolute Gasteiger partial charge is 0.407 e. The van der Waals surface area contributed by atoms with Gasteiger partial charge in [-0.05, 0) is 104 Å². The molecule has 0 aromatic heterocycles. The van der Waals surface area contributed by atoms with Crippen LogP contribution in [-0.4, -0.2) is 48.8 Å². The first-order chi connectivity index (χ1) is 25.3. The van der Waals surface area contributed by atoms with Gasteiger partial charge in [0.15, 0.2) is 0 Å². The Labute approximate surface area is 316 Å². The van der Waals surface area contributed by atoms with E-state index < -0.39 is 17.7 Å². The van der Waals surface area contributed by atoms with E-state index in [9.17, 15) is 9.59 Å². The summed E-state index contributed by atoms with van der Waals surface area (Å²) in [5.41, 5.74) is 3.84. The highest BCUT2D eigenvalue weighted by molar-refractivity contribution is 5.75. The van der Waals surface area contributed by atoms with E-state index in [4.69, 9.17) is 18.9 Å². The summed E-state index contributed by atoms with van der Waals surface area (Å²) in [5.74, 6) is 1.98. The summed E-state index contributed by atoms with van der Waals surface area (Å²) in [4.78, 5) is 27.6. The normalized spacial score (nSPS) is 12.4. The maximum atomic E-state index is 13.3. The lowest BCUT2D eigenvalue weighted by Crippen LogP contribution is -2.41. The van der Waals surface area contributed by atoms with Gasteiger partial charge in [-0.3, -0.25) is 9.69 Å². The van der Waals surface area contributed by atoms with Crippen molar-refractivity contribution in [3.05, 3.63) is 131 Å². The van der Waals surface area contributed by atoms with Gasteiger partial charge in [-0.15, -0.1) is 0 Å². The van der Waals surface area contributed by atoms with E-state index in [1.54, 1.807) is 0 Å². The van der Waals surface area contributed by atoms with Gasteiger partial charge in [0.25, 0.3) is 0 Å². The number of alkyl carbamates (subject to hydrolysis) is 1. The first kappa shape index (κ1) is 40.7. The van der Waals surface area contributed by atoms with Crippen LogP contribution in [0.15, 0.2) is 109 Å². The molecule has 0 spiro atoms. The molecule has 0 unspecified atom stereocenters. The number of nitrogens with one attached hydrogen (secondary N) is 1. The van der Waals surface area contributed by atoms with E-state index in [0.717, 1.165) is 33.9 Å². The Bertz CT molecular complexity index is 1760. The molecular formula is C45H56N2O6. The van der Waals surface area contributed by atoms with Gasteiger partial charge in [0.05, 0.1) is 7.11 Å². The zero-order chi connectivity index (χ0) is 38.3. The summed E-state index contributed by atoms with van der Waals surface area (Å²) < 4.78 is 23.0. The maximum absolute atomic E-state index is 13.3. The fourth-order valence-electron chi connectivity index (χ4n) is 5.73. The summed E-state index contributed by atoms with van der Waals surface area (Å²) in [6.45, 7) is 14.0. The third-order valence-electron chi connectivity index (χ3n) is 8.48. The second kappa shape index (κ2) is 19.7. The van der Waals surface area contributed by atoms with E-state index >= 15 is 0 Å². The van der Waals surface area contributed by atoms with Gasteiger partial charge in [0.2, 0.25) is 0 Å². The molecule has 4 aromatic rings. The molecule has 1 amide bonds. The number of ether oxygens (including phenoxy) is 4. The number of esters is 1. The Hall–Kier alpha value is -5.08. The van der Waals surface area contributed by atoms with E-state index in [2.05, 4.69) is 49.2 Å². The van der Waals surface area contributed by atoms with Crippen molar-refractivity contribution >= 4 is 18.1 Å². The second-order valence-corrected chi connectivity index (χ2v) is 15.2. The van der Waals surface area contributed by atoms with Gasteiger partial charge < -0.3 is 24.3 Å². The highest BCUT2D eigenvalue weighted by Crippen LogP contribution is 2.28. The van der Waals surface area contributed by atoms with Crippen molar-refractivity contribution in [1.82, 2.24) is 10.2 Å². The van der Waals surface area contributed by atoms with Crippen LogP contribution in [0.5, 0.6) is 17.2 Å². The first-order valence-corrected chi connectivity index (χ1v) is 18.4. The average Bonchev–Trinajstić information content (AvgIpc) is 3.11. The number of carbonyl (C=O) groups is 2. The van der Waals surface area contributed by atoms with Gasteiger partial charge in [0, 0.05) is 19.6 Å². The fourth-order valence-corrected chi connectivity index (χ4v) is 5.73. The van der Waals surface area contributed by atoms with Crippen molar-refractivity contribution in [2.45, 2.75) is 91.0 Å². The lowest BCUT2D eigenvalue weighted by Gasteiger charge is -2.29. The number of hydrogen-bond donors (Lipinski definition) is 1. The van der Waals surface area contributed by atoms with Crippen LogP contribution >= 0.6 is 0 Å². The van der Waals surface area contributed by atoms with Crippen molar-refractivity contribution in [1.29, 1.82) is 0 Å². The number of rotatable bonds is 17. The number of unbranched alkanes of at least 4 members (excludes halogenated alkanes) is 1. The molecule has 0 saturated heterocycles. The van der Waals surface area contributed by atoms with Crippen molar-refractivity contribution in [2.24, 2.45) is 0 Å². The monoisotopic (exact) mass is 720 g/mol. The highest BCUT2D eigenvalue weighted by Gasteiger charge is 2.26. The largest absolute Gasteiger partial charge is 0.489 e. The number of benzene rings is 4. The molecule has 0 aliphatic heterocycles. The van der Waals surface area contributed by atoms with Crippen LogP contribution in [0, 0.1) is 0 Å². The molecule has 0 aliphatic rings. The summed E-state index contributed by atoms with van der Waals surface area (Å²) in [5, 5.41) is 2.81. The fraction of sp³-hybridized carbons (Fsp3) is 0.378. The molecule has 8 heteroatoms. The molecule has 4 aromatic carbocycles. The Morgan fingerprint density at radius 3 is 2.17 bits per heavy atom. The molecule has 0 fully saturated rings. The summed E-state index contributed by atoms with van der Waals surface area (Å²) >= 11 is 0. The van der Waals surface area contributed by atoms with Gasteiger partial charge in [-0.25, -0.2) is 4.79 Å². The van der Waals surface area contributed by atoms with E-state index in [0.29, 0.717) is 45.5 Å². The number of hydrogen-bond acceptors (Lipinski definition) is 7. The standard InChI is InChI=1S/C45H56N2O6/c1-44(2,3)37-24-26-38(27-25-37)52-40-22-13-18-34(30-40)20-15-29-47(32-36-19-14-21-39(31-36)51-33-35-16-9-8-10-17-35)41(42(48)50-7)23-11-12-28-46-43(49)53-45(4,5)6/h8-10,13-22,24-27,30-31,41H,11-12,23,28-29,32-33H2,1-7H3,(H,46,49)/b20-15+/t41-/m0/s1. The van der Waals surface area contributed by atoms with E-state index in [1.807, 2.05) is 118 Å². The van der Waals surface area contributed by atoms with Crippen LogP contribution in [0.4, 0.5) is 4.79 Å².